The molecule has 0 atom stereocenters. The number of rotatable bonds is 4. The first kappa shape index (κ1) is 33.9. The molecule has 0 unspecified atom stereocenters. The first-order valence-electron chi connectivity index (χ1n) is 20.4. The fraction of sp³-hybridized carbons (Fsp3) is 0.164. The molecule has 57 heavy (non-hydrogen) atoms. The van der Waals surface area contributed by atoms with E-state index in [2.05, 4.69) is 221 Å². The van der Waals surface area contributed by atoms with Crippen molar-refractivity contribution in [2.45, 2.75) is 57.8 Å². The number of aromatic nitrogens is 1. The van der Waals surface area contributed by atoms with Crippen LogP contribution in [-0.4, -0.2) is 4.57 Å². The summed E-state index contributed by atoms with van der Waals surface area (Å²) >= 11 is 0. The average Bonchev–Trinajstić information content (AvgIpc) is 3.71. The molecule has 11 rings (SSSR count). The standard InChI is InChI=1S/C55H46N2/c1-53(2,3)35-25-28-43-41(33-35)42-34-36(54(4,5)6)26-29-44(42)55(43)45-23-16-24-48-51(45)52-49(57(48)39-21-14-9-15-22-39)31-27-40-47(32-30-46(55)50(40)52)56(37-17-10-7-11-18-37)38-19-12-8-13-20-38/h7-34H,1-6H3. The predicted octanol–water partition coefficient (Wildman–Crippen LogP) is 14.7. The van der Waals surface area contributed by atoms with Gasteiger partial charge in [-0.15, -0.1) is 0 Å². The molecule has 0 aliphatic heterocycles. The van der Waals surface area contributed by atoms with Crippen molar-refractivity contribution in [3.05, 3.63) is 203 Å². The molecule has 2 aliphatic rings. The van der Waals surface area contributed by atoms with E-state index < -0.39 is 5.41 Å². The van der Waals surface area contributed by atoms with Crippen molar-refractivity contribution in [3.8, 4) is 16.8 Å². The fourth-order valence-electron chi connectivity index (χ4n) is 10.2. The van der Waals surface area contributed by atoms with Gasteiger partial charge in [-0.3, -0.25) is 0 Å². The number of para-hydroxylation sites is 3. The summed E-state index contributed by atoms with van der Waals surface area (Å²) in [6.45, 7) is 14.0. The van der Waals surface area contributed by atoms with Gasteiger partial charge in [0, 0.05) is 33.2 Å². The summed E-state index contributed by atoms with van der Waals surface area (Å²) in [5.41, 5.74) is 17.5. The molecule has 0 radical (unpaired) electrons. The summed E-state index contributed by atoms with van der Waals surface area (Å²) < 4.78 is 2.50. The van der Waals surface area contributed by atoms with Crippen LogP contribution in [0.25, 0.3) is 49.4 Å². The van der Waals surface area contributed by atoms with E-state index in [1.54, 1.807) is 0 Å². The first-order chi connectivity index (χ1) is 27.6. The van der Waals surface area contributed by atoms with Crippen LogP contribution in [0.4, 0.5) is 17.1 Å². The Morgan fingerprint density at radius 2 is 0.930 bits per heavy atom. The van der Waals surface area contributed by atoms with Gasteiger partial charge in [0.25, 0.3) is 0 Å². The van der Waals surface area contributed by atoms with Crippen LogP contribution in [0.3, 0.4) is 0 Å². The quantitative estimate of drug-likeness (QED) is 0.175. The molecule has 9 aromatic rings. The molecule has 1 aromatic heterocycles. The zero-order chi connectivity index (χ0) is 38.8. The molecule has 276 valence electrons. The molecule has 0 saturated heterocycles. The Kier molecular flexibility index (Phi) is 7.03. The van der Waals surface area contributed by atoms with Gasteiger partial charge in [-0.2, -0.15) is 0 Å². The Bertz CT molecular complexity index is 2960. The molecule has 8 aromatic carbocycles. The fourth-order valence-corrected chi connectivity index (χ4v) is 10.2. The molecule has 0 amide bonds. The third-order valence-corrected chi connectivity index (χ3v) is 12.9. The average molecular weight is 735 g/mol. The third-order valence-electron chi connectivity index (χ3n) is 12.9. The Balaban J connectivity index is 1.34. The van der Waals surface area contributed by atoms with Crippen LogP contribution in [0.15, 0.2) is 170 Å². The van der Waals surface area contributed by atoms with E-state index >= 15 is 0 Å². The molecule has 2 aliphatic carbocycles. The largest absolute Gasteiger partial charge is 0.310 e. The lowest BCUT2D eigenvalue weighted by Crippen LogP contribution is -2.31. The normalized spacial score (nSPS) is 13.9. The van der Waals surface area contributed by atoms with E-state index in [-0.39, 0.29) is 10.8 Å². The van der Waals surface area contributed by atoms with Crippen molar-refractivity contribution in [1.82, 2.24) is 4.57 Å². The Labute approximate surface area is 335 Å². The number of hydrogen-bond donors (Lipinski definition) is 0. The summed E-state index contributed by atoms with van der Waals surface area (Å²) in [6.07, 6.45) is 0. The van der Waals surface area contributed by atoms with Gasteiger partial charge in [0.2, 0.25) is 0 Å². The molecular weight excluding hydrogens is 689 g/mol. The summed E-state index contributed by atoms with van der Waals surface area (Å²) in [5.74, 6) is 0. The molecule has 0 bridgehead atoms. The van der Waals surface area contributed by atoms with Gasteiger partial charge in [-0.05, 0) is 115 Å². The van der Waals surface area contributed by atoms with Crippen LogP contribution in [0.1, 0.15) is 74.9 Å². The highest BCUT2D eigenvalue weighted by molar-refractivity contribution is 6.28. The molecule has 2 heteroatoms. The summed E-state index contributed by atoms with van der Waals surface area (Å²) in [7, 11) is 0. The molecule has 1 heterocycles. The predicted molar refractivity (Wildman–Crippen MR) is 241 cm³/mol. The minimum Gasteiger partial charge on any atom is -0.310 e. The Morgan fingerprint density at radius 3 is 1.49 bits per heavy atom. The monoisotopic (exact) mass is 734 g/mol. The maximum Gasteiger partial charge on any atom is 0.0726 e. The number of anilines is 3. The second-order valence-electron chi connectivity index (χ2n) is 18.2. The molecule has 1 spiro atoms. The van der Waals surface area contributed by atoms with Crippen molar-refractivity contribution in [2.24, 2.45) is 0 Å². The lowest BCUT2D eigenvalue weighted by atomic mass is 9.62. The highest BCUT2D eigenvalue weighted by Crippen LogP contribution is 2.63. The Morgan fingerprint density at radius 1 is 0.421 bits per heavy atom. The maximum atomic E-state index is 2.51. The van der Waals surface area contributed by atoms with E-state index in [9.17, 15) is 0 Å². The third kappa shape index (κ3) is 4.65. The van der Waals surface area contributed by atoms with Crippen LogP contribution in [-0.2, 0) is 16.2 Å². The Hall–Kier alpha value is -6.38. The van der Waals surface area contributed by atoms with E-state index in [0.717, 1.165) is 11.4 Å². The molecule has 0 N–H and O–H groups in total. The molecule has 0 saturated carbocycles. The lowest BCUT2D eigenvalue weighted by Gasteiger charge is -2.39. The molecule has 0 fully saturated rings. The van der Waals surface area contributed by atoms with E-state index in [0.29, 0.717) is 0 Å². The second kappa shape index (κ2) is 11.8. The number of nitrogens with zero attached hydrogens (tertiary/aromatic N) is 2. The van der Waals surface area contributed by atoms with Crippen LogP contribution in [0.5, 0.6) is 0 Å². The topological polar surface area (TPSA) is 8.17 Å². The van der Waals surface area contributed by atoms with Gasteiger partial charge in [0.05, 0.1) is 22.1 Å². The number of hydrogen-bond acceptors (Lipinski definition) is 1. The highest BCUT2D eigenvalue weighted by atomic mass is 15.1. The van der Waals surface area contributed by atoms with Crippen LogP contribution in [0.2, 0.25) is 0 Å². The highest BCUT2D eigenvalue weighted by Gasteiger charge is 2.51. The van der Waals surface area contributed by atoms with Crippen molar-refractivity contribution in [1.29, 1.82) is 0 Å². The van der Waals surface area contributed by atoms with Crippen LogP contribution >= 0.6 is 0 Å². The smallest absolute Gasteiger partial charge is 0.0726 e. The van der Waals surface area contributed by atoms with Gasteiger partial charge >= 0.3 is 0 Å². The van der Waals surface area contributed by atoms with Crippen molar-refractivity contribution < 1.29 is 0 Å². The maximum absolute atomic E-state index is 2.51. The van der Waals surface area contributed by atoms with E-state index in [1.807, 2.05) is 0 Å². The molecule has 2 nitrogen and oxygen atoms in total. The zero-order valence-corrected chi connectivity index (χ0v) is 33.6. The second-order valence-corrected chi connectivity index (χ2v) is 18.2. The summed E-state index contributed by atoms with van der Waals surface area (Å²) in [6, 6.07) is 64.1. The van der Waals surface area contributed by atoms with Crippen molar-refractivity contribution in [2.75, 3.05) is 4.90 Å². The minimum atomic E-state index is -0.526. The minimum absolute atomic E-state index is 0.0120. The SMILES string of the molecule is CC(C)(C)c1ccc2c(c1)-c1cc(C(C)(C)C)ccc1C21c2ccc(N(c3ccccc3)c3ccccc3)c3ccc4c(c23)c2c1cccc2n4-c1ccccc1. The van der Waals surface area contributed by atoms with E-state index in [4.69, 9.17) is 0 Å². The number of benzene rings is 8. The number of fused-ring (bicyclic) bond motifs is 7. The van der Waals surface area contributed by atoms with Crippen LogP contribution in [0, 0.1) is 0 Å². The van der Waals surface area contributed by atoms with Gasteiger partial charge in [-0.25, -0.2) is 0 Å². The van der Waals surface area contributed by atoms with Gasteiger partial charge in [0.15, 0.2) is 0 Å². The zero-order valence-electron chi connectivity index (χ0n) is 33.6. The van der Waals surface area contributed by atoms with Crippen molar-refractivity contribution >= 4 is 49.6 Å². The van der Waals surface area contributed by atoms with Gasteiger partial charge < -0.3 is 9.47 Å². The van der Waals surface area contributed by atoms with Gasteiger partial charge in [0.1, 0.15) is 0 Å². The summed E-state index contributed by atoms with van der Waals surface area (Å²) in [4.78, 5) is 2.44. The summed E-state index contributed by atoms with van der Waals surface area (Å²) in [5, 5.41) is 5.26. The van der Waals surface area contributed by atoms with E-state index in [1.165, 1.54) is 88.5 Å². The van der Waals surface area contributed by atoms with Gasteiger partial charge in [-0.1, -0.05) is 157 Å². The van der Waals surface area contributed by atoms with Crippen molar-refractivity contribution in [3.63, 3.8) is 0 Å². The molecular formula is C55H46N2. The first-order valence-corrected chi connectivity index (χ1v) is 20.4. The van der Waals surface area contributed by atoms with Crippen LogP contribution < -0.4 is 4.90 Å². The lowest BCUT2D eigenvalue weighted by molar-refractivity contribution is 0.589.